The first-order chi connectivity index (χ1) is 12.0. The quantitative estimate of drug-likeness (QED) is 0.697. The van der Waals surface area contributed by atoms with E-state index in [1.165, 1.54) is 18.4 Å². The third kappa shape index (κ3) is 4.08. The number of nitrogens with one attached hydrogen (secondary N) is 1. The van der Waals surface area contributed by atoms with Crippen molar-refractivity contribution in [3.05, 3.63) is 42.0 Å². The number of allylic oxidation sites excluding steroid dienone is 2. The zero-order chi connectivity index (χ0) is 18.0. The Balaban J connectivity index is 1.69. The second-order valence-corrected chi connectivity index (χ2v) is 8.16. The first kappa shape index (κ1) is 18.0. The van der Waals surface area contributed by atoms with Crippen LogP contribution in [0.1, 0.15) is 46.1 Å². The van der Waals surface area contributed by atoms with Crippen molar-refractivity contribution >= 4 is 11.7 Å². The van der Waals surface area contributed by atoms with E-state index in [2.05, 4.69) is 62.2 Å². The van der Waals surface area contributed by atoms with Crippen LogP contribution in [0.15, 0.2) is 36.4 Å². The molecule has 1 aromatic rings. The van der Waals surface area contributed by atoms with Gasteiger partial charge in [-0.3, -0.25) is 0 Å². The Bertz CT molecular complexity index is 619. The molecule has 2 aliphatic carbocycles. The molecule has 2 amide bonds. The Kier molecular flexibility index (Phi) is 5.51. The Hall–Kier alpha value is -1.77. The average molecular weight is 341 g/mol. The van der Waals surface area contributed by atoms with Gasteiger partial charge < -0.3 is 10.2 Å². The predicted octanol–water partition coefficient (Wildman–Crippen LogP) is 5.34. The predicted molar refractivity (Wildman–Crippen MR) is 105 cm³/mol. The summed E-state index contributed by atoms with van der Waals surface area (Å²) in [5.41, 5.74) is 2.18. The van der Waals surface area contributed by atoms with Crippen molar-refractivity contribution in [1.29, 1.82) is 0 Å². The number of hydrogen-bond donors (Lipinski definition) is 1. The smallest absolute Gasteiger partial charge is 0.321 e. The molecule has 0 saturated heterocycles. The molecule has 0 spiro atoms. The van der Waals surface area contributed by atoms with Gasteiger partial charge in [-0.25, -0.2) is 4.79 Å². The van der Waals surface area contributed by atoms with Crippen LogP contribution in [-0.4, -0.2) is 23.5 Å². The highest BCUT2D eigenvalue weighted by Gasteiger charge is 2.38. The van der Waals surface area contributed by atoms with Gasteiger partial charge in [0.05, 0.1) is 0 Å². The average Bonchev–Trinajstić information content (AvgIpc) is 3.22. The Morgan fingerprint density at radius 3 is 2.40 bits per heavy atom. The van der Waals surface area contributed by atoms with Crippen LogP contribution < -0.4 is 5.32 Å². The van der Waals surface area contributed by atoms with Crippen molar-refractivity contribution < 1.29 is 4.79 Å². The van der Waals surface area contributed by atoms with E-state index in [1.54, 1.807) is 0 Å². The fourth-order valence-corrected chi connectivity index (χ4v) is 4.17. The lowest BCUT2D eigenvalue weighted by Crippen LogP contribution is -2.46. The van der Waals surface area contributed by atoms with Gasteiger partial charge in [-0.2, -0.15) is 0 Å². The van der Waals surface area contributed by atoms with Crippen molar-refractivity contribution in [3.63, 3.8) is 0 Å². The summed E-state index contributed by atoms with van der Waals surface area (Å²) in [6, 6.07) is 8.47. The Morgan fingerprint density at radius 2 is 1.88 bits per heavy atom. The molecule has 1 saturated carbocycles. The van der Waals surface area contributed by atoms with E-state index < -0.39 is 0 Å². The summed E-state index contributed by atoms with van der Waals surface area (Å²) in [4.78, 5) is 15.1. The molecule has 3 heteroatoms. The summed E-state index contributed by atoms with van der Waals surface area (Å²) >= 11 is 0. The SMILES string of the molecule is CCc1ccc(NC(=O)N(CC2CC3C=CC2C3)C(C)C(C)C)cc1. The van der Waals surface area contributed by atoms with Gasteiger partial charge in [0, 0.05) is 18.3 Å². The number of aryl methyl sites for hydroxylation is 1. The number of fused-ring (bicyclic) bond motifs is 2. The maximum atomic E-state index is 13.0. The topological polar surface area (TPSA) is 32.3 Å². The standard InChI is InChI=1S/C22H32N2O/c1-5-17-7-10-21(11-8-17)23-22(25)24(16(4)15(2)3)14-20-13-18-6-9-19(20)12-18/h6-11,15-16,18-20H,5,12-14H2,1-4H3,(H,23,25). The van der Waals surface area contributed by atoms with Gasteiger partial charge >= 0.3 is 6.03 Å². The number of nitrogens with zero attached hydrogens (tertiary/aromatic N) is 1. The number of rotatable bonds is 6. The molecule has 2 bridgehead atoms. The second-order valence-electron chi connectivity index (χ2n) is 8.16. The van der Waals surface area contributed by atoms with E-state index in [0.717, 1.165) is 24.6 Å². The third-order valence-corrected chi connectivity index (χ3v) is 6.18. The molecule has 4 atom stereocenters. The summed E-state index contributed by atoms with van der Waals surface area (Å²) in [5, 5.41) is 3.12. The summed E-state index contributed by atoms with van der Waals surface area (Å²) in [7, 11) is 0. The normalized spacial score (nSPS) is 25.4. The van der Waals surface area contributed by atoms with E-state index in [1.807, 2.05) is 12.1 Å². The van der Waals surface area contributed by atoms with Crippen LogP contribution in [0.3, 0.4) is 0 Å². The van der Waals surface area contributed by atoms with Gasteiger partial charge in [0.1, 0.15) is 0 Å². The highest BCUT2D eigenvalue weighted by atomic mass is 16.2. The first-order valence-corrected chi connectivity index (χ1v) is 9.82. The molecule has 0 radical (unpaired) electrons. The summed E-state index contributed by atoms with van der Waals surface area (Å²) < 4.78 is 0. The Labute approximate surface area is 152 Å². The van der Waals surface area contributed by atoms with Crippen LogP contribution in [0.25, 0.3) is 0 Å². The van der Waals surface area contributed by atoms with E-state index in [-0.39, 0.29) is 12.1 Å². The largest absolute Gasteiger partial charge is 0.322 e. The lowest BCUT2D eigenvalue weighted by Gasteiger charge is -2.35. The molecule has 1 fully saturated rings. The number of carbonyl (C=O) groups is 1. The molecule has 25 heavy (non-hydrogen) atoms. The number of urea groups is 1. The monoisotopic (exact) mass is 340 g/mol. The van der Waals surface area contributed by atoms with Gasteiger partial charge in [-0.05, 0) is 67.6 Å². The van der Waals surface area contributed by atoms with E-state index in [4.69, 9.17) is 0 Å². The lowest BCUT2D eigenvalue weighted by molar-refractivity contribution is 0.154. The van der Waals surface area contributed by atoms with Crippen molar-refractivity contribution in [2.24, 2.45) is 23.7 Å². The van der Waals surface area contributed by atoms with Crippen molar-refractivity contribution in [2.45, 2.75) is 53.0 Å². The lowest BCUT2D eigenvalue weighted by atomic mass is 9.92. The highest BCUT2D eigenvalue weighted by molar-refractivity contribution is 5.89. The number of anilines is 1. The van der Waals surface area contributed by atoms with Crippen molar-refractivity contribution in [3.8, 4) is 0 Å². The van der Waals surface area contributed by atoms with Crippen molar-refractivity contribution in [2.75, 3.05) is 11.9 Å². The van der Waals surface area contributed by atoms with Crippen LogP contribution in [0, 0.1) is 23.7 Å². The fraction of sp³-hybridized carbons (Fsp3) is 0.591. The van der Waals surface area contributed by atoms with E-state index >= 15 is 0 Å². The maximum Gasteiger partial charge on any atom is 0.322 e. The van der Waals surface area contributed by atoms with E-state index in [0.29, 0.717) is 17.8 Å². The molecule has 0 aliphatic heterocycles. The van der Waals surface area contributed by atoms with Gasteiger partial charge in [0.25, 0.3) is 0 Å². The molecule has 1 aromatic carbocycles. The van der Waals surface area contributed by atoms with Crippen LogP contribution in [-0.2, 0) is 6.42 Å². The minimum Gasteiger partial charge on any atom is -0.321 e. The first-order valence-electron chi connectivity index (χ1n) is 9.82. The molecule has 3 rings (SSSR count). The summed E-state index contributed by atoms with van der Waals surface area (Å²) in [6.07, 6.45) is 8.28. The number of amides is 2. The molecule has 0 aromatic heterocycles. The molecule has 3 nitrogen and oxygen atoms in total. The zero-order valence-corrected chi connectivity index (χ0v) is 16.0. The minimum atomic E-state index is 0.0391. The second kappa shape index (κ2) is 7.63. The minimum absolute atomic E-state index is 0.0391. The van der Waals surface area contributed by atoms with Crippen LogP contribution in [0.4, 0.5) is 10.5 Å². The highest BCUT2D eigenvalue weighted by Crippen LogP contribution is 2.44. The third-order valence-electron chi connectivity index (χ3n) is 6.18. The summed E-state index contributed by atoms with van der Waals surface area (Å²) in [5.74, 6) is 2.48. The molecule has 0 heterocycles. The number of benzene rings is 1. The van der Waals surface area contributed by atoms with Gasteiger partial charge in [0.15, 0.2) is 0 Å². The molecule has 1 N–H and O–H groups in total. The van der Waals surface area contributed by atoms with Gasteiger partial charge in [-0.1, -0.05) is 45.1 Å². The molecule has 2 aliphatic rings. The van der Waals surface area contributed by atoms with Crippen LogP contribution in [0.2, 0.25) is 0 Å². The van der Waals surface area contributed by atoms with Crippen molar-refractivity contribution in [1.82, 2.24) is 4.90 Å². The van der Waals surface area contributed by atoms with E-state index in [9.17, 15) is 4.79 Å². The van der Waals surface area contributed by atoms with Crippen LogP contribution >= 0.6 is 0 Å². The van der Waals surface area contributed by atoms with Crippen LogP contribution in [0.5, 0.6) is 0 Å². The molecule has 136 valence electrons. The fourth-order valence-electron chi connectivity index (χ4n) is 4.17. The summed E-state index contributed by atoms with van der Waals surface area (Å²) in [6.45, 7) is 9.57. The number of carbonyl (C=O) groups excluding carboxylic acids is 1. The molecular weight excluding hydrogens is 308 g/mol. The number of hydrogen-bond acceptors (Lipinski definition) is 1. The maximum absolute atomic E-state index is 13.0. The molecular formula is C22H32N2O. The van der Waals surface area contributed by atoms with Gasteiger partial charge in [-0.15, -0.1) is 0 Å². The molecule has 4 unspecified atom stereocenters. The van der Waals surface area contributed by atoms with Gasteiger partial charge in [0.2, 0.25) is 0 Å². The Morgan fingerprint density at radius 1 is 1.16 bits per heavy atom. The zero-order valence-electron chi connectivity index (χ0n) is 16.0.